The Morgan fingerprint density at radius 2 is 2.16 bits per heavy atom. The molecule has 0 spiro atoms. The molecule has 2 aromatic rings. The third kappa shape index (κ3) is 3.81. The first-order valence-corrected chi connectivity index (χ1v) is 7.50. The lowest BCUT2D eigenvalue weighted by Crippen LogP contribution is -2.30. The van der Waals surface area contributed by atoms with Gasteiger partial charge in [-0.15, -0.1) is 0 Å². The number of likely N-dealkylation sites (N-methyl/N-ethyl adjacent to an activating group) is 1. The van der Waals surface area contributed by atoms with Crippen LogP contribution >= 0.6 is 15.9 Å². The second-order valence-corrected chi connectivity index (χ2v) is 5.82. The van der Waals surface area contributed by atoms with Gasteiger partial charge in [-0.25, -0.2) is 0 Å². The molecule has 0 aliphatic heterocycles. The van der Waals surface area contributed by atoms with Crippen molar-refractivity contribution in [2.24, 2.45) is 0 Å². The van der Waals surface area contributed by atoms with Crippen molar-refractivity contribution < 1.29 is 4.42 Å². The Hall–Kier alpha value is -0.840. The van der Waals surface area contributed by atoms with E-state index < -0.39 is 0 Å². The molecule has 104 valence electrons. The molecule has 1 unspecified atom stereocenters. The fourth-order valence-corrected chi connectivity index (χ4v) is 2.36. The Bertz CT molecular complexity index is 538. The first-order chi connectivity index (χ1) is 9.10. The summed E-state index contributed by atoms with van der Waals surface area (Å²) in [4.78, 5) is 2.29. The zero-order valence-corrected chi connectivity index (χ0v) is 13.3. The molecule has 0 amide bonds. The van der Waals surface area contributed by atoms with Gasteiger partial charge in [0.15, 0.2) is 0 Å². The second-order valence-electron chi connectivity index (χ2n) is 4.90. The predicted octanol–water partition coefficient (Wildman–Crippen LogP) is 3.80. The van der Waals surface area contributed by atoms with E-state index in [0.29, 0.717) is 0 Å². The first-order valence-electron chi connectivity index (χ1n) is 6.71. The summed E-state index contributed by atoms with van der Waals surface area (Å²) >= 11 is 3.48. The van der Waals surface area contributed by atoms with Crippen molar-refractivity contribution in [3.05, 3.63) is 34.5 Å². The molecule has 1 atom stereocenters. The van der Waals surface area contributed by atoms with Crippen LogP contribution in [0.4, 0.5) is 0 Å². The standard InChI is InChI=1S/C15H21BrN2O/c1-4-18(3)8-7-17-11(2)15-10-12-9-13(16)5-6-14(12)19-15/h5-6,9-11,17H,4,7-8H2,1-3H3. The van der Waals surface area contributed by atoms with Crippen LogP contribution in [-0.2, 0) is 0 Å². The van der Waals surface area contributed by atoms with Gasteiger partial charge in [0.25, 0.3) is 0 Å². The average Bonchev–Trinajstić information content (AvgIpc) is 2.81. The van der Waals surface area contributed by atoms with Crippen LogP contribution in [0.1, 0.15) is 25.6 Å². The number of rotatable bonds is 6. The topological polar surface area (TPSA) is 28.4 Å². The summed E-state index contributed by atoms with van der Waals surface area (Å²) in [5.41, 5.74) is 0.942. The van der Waals surface area contributed by atoms with Crippen molar-refractivity contribution in [3.8, 4) is 0 Å². The number of hydrogen-bond donors (Lipinski definition) is 1. The van der Waals surface area contributed by atoms with E-state index in [4.69, 9.17) is 4.42 Å². The summed E-state index contributed by atoms with van der Waals surface area (Å²) in [5.74, 6) is 0.993. The fraction of sp³-hybridized carbons (Fsp3) is 0.467. The lowest BCUT2D eigenvalue weighted by atomic mass is 10.2. The normalized spacial score (nSPS) is 13.3. The molecule has 0 fully saturated rings. The SMILES string of the molecule is CCN(C)CCNC(C)c1cc2cc(Br)ccc2o1. The van der Waals surface area contributed by atoms with Gasteiger partial charge in [0.2, 0.25) is 0 Å². The van der Waals surface area contributed by atoms with Gasteiger partial charge < -0.3 is 14.6 Å². The molecular formula is C15H21BrN2O. The average molecular weight is 325 g/mol. The molecule has 0 saturated heterocycles. The van der Waals surface area contributed by atoms with Gasteiger partial charge in [0.1, 0.15) is 11.3 Å². The van der Waals surface area contributed by atoms with Crippen LogP contribution in [0, 0.1) is 0 Å². The van der Waals surface area contributed by atoms with Crippen molar-refractivity contribution in [3.63, 3.8) is 0 Å². The van der Waals surface area contributed by atoms with Gasteiger partial charge >= 0.3 is 0 Å². The maximum absolute atomic E-state index is 5.87. The Labute approximate surface area is 123 Å². The van der Waals surface area contributed by atoms with Crippen molar-refractivity contribution in [2.75, 3.05) is 26.7 Å². The highest BCUT2D eigenvalue weighted by Gasteiger charge is 2.11. The van der Waals surface area contributed by atoms with Gasteiger partial charge in [-0.05, 0) is 44.8 Å². The molecule has 19 heavy (non-hydrogen) atoms. The second kappa shape index (κ2) is 6.55. The minimum atomic E-state index is 0.233. The molecule has 0 aliphatic rings. The van der Waals surface area contributed by atoms with E-state index in [9.17, 15) is 0 Å². The molecule has 2 rings (SSSR count). The van der Waals surface area contributed by atoms with E-state index in [1.165, 1.54) is 0 Å². The zero-order chi connectivity index (χ0) is 13.8. The highest BCUT2D eigenvalue weighted by molar-refractivity contribution is 9.10. The number of hydrogen-bond acceptors (Lipinski definition) is 3. The molecule has 3 nitrogen and oxygen atoms in total. The zero-order valence-electron chi connectivity index (χ0n) is 11.7. The third-order valence-corrected chi connectivity index (χ3v) is 3.90. The Morgan fingerprint density at radius 3 is 2.89 bits per heavy atom. The number of fused-ring (bicyclic) bond motifs is 1. The van der Waals surface area contributed by atoms with Crippen molar-refractivity contribution in [1.82, 2.24) is 10.2 Å². The molecule has 1 aromatic heterocycles. The van der Waals surface area contributed by atoms with Crippen LogP contribution in [0.3, 0.4) is 0 Å². The minimum absolute atomic E-state index is 0.233. The van der Waals surface area contributed by atoms with Gasteiger partial charge in [-0.1, -0.05) is 22.9 Å². The van der Waals surface area contributed by atoms with Crippen molar-refractivity contribution in [1.29, 1.82) is 0 Å². The molecule has 0 bridgehead atoms. The maximum Gasteiger partial charge on any atom is 0.134 e. The molecule has 4 heteroatoms. The van der Waals surface area contributed by atoms with Crippen LogP contribution < -0.4 is 5.32 Å². The first kappa shape index (κ1) is 14.6. The summed E-state index contributed by atoms with van der Waals surface area (Å²) < 4.78 is 6.95. The highest BCUT2D eigenvalue weighted by Crippen LogP contribution is 2.26. The van der Waals surface area contributed by atoms with Crippen LogP contribution in [0.15, 0.2) is 33.2 Å². The van der Waals surface area contributed by atoms with E-state index in [2.05, 4.69) is 59.2 Å². The lowest BCUT2D eigenvalue weighted by Gasteiger charge is -2.16. The number of nitrogens with one attached hydrogen (secondary N) is 1. The van der Waals surface area contributed by atoms with E-state index in [1.54, 1.807) is 0 Å². The molecule has 0 aliphatic carbocycles. The van der Waals surface area contributed by atoms with Crippen LogP contribution in [-0.4, -0.2) is 31.6 Å². The lowest BCUT2D eigenvalue weighted by molar-refractivity contribution is 0.336. The molecular weight excluding hydrogens is 304 g/mol. The molecule has 1 N–H and O–H groups in total. The maximum atomic E-state index is 5.87. The van der Waals surface area contributed by atoms with Gasteiger partial charge in [-0.3, -0.25) is 0 Å². The smallest absolute Gasteiger partial charge is 0.134 e. The van der Waals surface area contributed by atoms with Crippen LogP contribution in [0.5, 0.6) is 0 Å². The van der Waals surface area contributed by atoms with E-state index in [1.807, 2.05) is 12.1 Å². The quantitative estimate of drug-likeness (QED) is 0.876. The van der Waals surface area contributed by atoms with Gasteiger partial charge in [-0.2, -0.15) is 0 Å². The van der Waals surface area contributed by atoms with E-state index in [-0.39, 0.29) is 6.04 Å². The predicted molar refractivity (Wildman–Crippen MR) is 83.5 cm³/mol. The van der Waals surface area contributed by atoms with Crippen LogP contribution in [0.25, 0.3) is 11.0 Å². The fourth-order valence-electron chi connectivity index (χ4n) is 1.98. The van der Waals surface area contributed by atoms with E-state index in [0.717, 1.165) is 40.8 Å². The Kier molecular flexibility index (Phi) is 5.02. The largest absolute Gasteiger partial charge is 0.459 e. The van der Waals surface area contributed by atoms with E-state index >= 15 is 0 Å². The summed E-state index contributed by atoms with van der Waals surface area (Å²) in [7, 11) is 2.13. The van der Waals surface area contributed by atoms with Crippen LogP contribution in [0.2, 0.25) is 0 Å². The Balaban J connectivity index is 1.99. The molecule has 0 saturated carbocycles. The minimum Gasteiger partial charge on any atom is -0.459 e. The molecule has 1 heterocycles. The third-order valence-electron chi connectivity index (χ3n) is 3.41. The van der Waals surface area contributed by atoms with Crippen molar-refractivity contribution >= 4 is 26.9 Å². The number of furan rings is 1. The number of nitrogens with zero attached hydrogens (tertiary/aromatic N) is 1. The molecule has 1 aromatic carbocycles. The summed E-state index contributed by atoms with van der Waals surface area (Å²) in [6.45, 7) is 7.40. The summed E-state index contributed by atoms with van der Waals surface area (Å²) in [5, 5.41) is 4.63. The summed E-state index contributed by atoms with van der Waals surface area (Å²) in [6.07, 6.45) is 0. The number of halogens is 1. The molecule has 0 radical (unpaired) electrons. The van der Waals surface area contributed by atoms with Gasteiger partial charge in [0, 0.05) is 22.9 Å². The summed E-state index contributed by atoms with van der Waals surface area (Å²) in [6, 6.07) is 8.43. The monoisotopic (exact) mass is 324 g/mol. The van der Waals surface area contributed by atoms with Gasteiger partial charge in [0.05, 0.1) is 6.04 Å². The Morgan fingerprint density at radius 1 is 1.37 bits per heavy atom. The number of benzene rings is 1. The van der Waals surface area contributed by atoms with Crippen molar-refractivity contribution in [2.45, 2.75) is 19.9 Å². The highest BCUT2D eigenvalue weighted by atomic mass is 79.9.